The van der Waals surface area contributed by atoms with Gasteiger partial charge in [0, 0.05) is 11.8 Å². The lowest BCUT2D eigenvalue weighted by Gasteiger charge is -2.30. The normalized spacial score (nSPS) is 34.7. The maximum absolute atomic E-state index is 6.33. The quantitative estimate of drug-likeness (QED) is 0.411. The first kappa shape index (κ1) is 22.1. The molecule has 0 aromatic heterocycles. The molecule has 2 fully saturated rings. The van der Waals surface area contributed by atoms with E-state index in [-0.39, 0.29) is 0 Å². The van der Waals surface area contributed by atoms with Crippen molar-refractivity contribution in [3.05, 3.63) is 47.5 Å². The molecule has 1 aromatic rings. The lowest BCUT2D eigenvalue weighted by atomic mass is 9.78. The standard InChI is InChI=1S/C29H44O/c1-3-4-23-9-19-29(20-10-23)30-21-24-7-13-26(14-8-24)28-17-15-27(16-18-28)25-11-5-22(2)6-12-25/h7,13,15-18,22-26,29H,3-6,8-12,14,19-21H2,1-2H3. The van der Waals surface area contributed by atoms with Crippen LogP contribution in [0.2, 0.25) is 0 Å². The van der Waals surface area contributed by atoms with E-state index < -0.39 is 0 Å². The van der Waals surface area contributed by atoms with Crippen LogP contribution in [0.25, 0.3) is 0 Å². The van der Waals surface area contributed by atoms with Crippen molar-refractivity contribution in [1.82, 2.24) is 0 Å². The lowest BCUT2D eigenvalue weighted by molar-refractivity contribution is 0.00324. The molecule has 1 heteroatoms. The summed E-state index contributed by atoms with van der Waals surface area (Å²) in [6, 6.07) is 9.67. The van der Waals surface area contributed by atoms with Gasteiger partial charge in [0.25, 0.3) is 0 Å². The molecule has 0 amide bonds. The van der Waals surface area contributed by atoms with Gasteiger partial charge in [-0.2, -0.15) is 0 Å². The summed E-state index contributed by atoms with van der Waals surface area (Å²) in [4.78, 5) is 0. The maximum Gasteiger partial charge on any atom is 0.0575 e. The first-order valence-corrected chi connectivity index (χ1v) is 13.1. The highest BCUT2D eigenvalue weighted by atomic mass is 16.5. The van der Waals surface area contributed by atoms with E-state index in [9.17, 15) is 0 Å². The molecular weight excluding hydrogens is 364 g/mol. The Morgan fingerprint density at radius 2 is 1.47 bits per heavy atom. The number of ether oxygens (including phenoxy) is 1. The minimum atomic E-state index is 0.527. The molecule has 3 aliphatic carbocycles. The van der Waals surface area contributed by atoms with Crippen LogP contribution in [-0.2, 0) is 4.74 Å². The third-order valence-electron chi connectivity index (χ3n) is 8.35. The summed E-state index contributed by atoms with van der Waals surface area (Å²) in [5.41, 5.74) is 3.08. The minimum absolute atomic E-state index is 0.527. The van der Waals surface area contributed by atoms with Gasteiger partial charge in [-0.25, -0.2) is 0 Å². The topological polar surface area (TPSA) is 9.23 Å². The molecule has 2 saturated carbocycles. The Morgan fingerprint density at radius 3 is 2.10 bits per heavy atom. The minimum Gasteiger partial charge on any atom is -0.378 e. The van der Waals surface area contributed by atoms with Gasteiger partial charge in [-0.05, 0) is 80.2 Å². The van der Waals surface area contributed by atoms with Crippen molar-refractivity contribution in [2.24, 2.45) is 17.8 Å². The van der Waals surface area contributed by atoms with E-state index in [0.29, 0.717) is 17.9 Å². The Kier molecular flexibility index (Phi) is 8.10. The largest absolute Gasteiger partial charge is 0.378 e. The van der Waals surface area contributed by atoms with Gasteiger partial charge in [-0.15, -0.1) is 0 Å². The summed E-state index contributed by atoms with van der Waals surface area (Å²) in [7, 11) is 0. The van der Waals surface area contributed by atoms with E-state index in [1.807, 2.05) is 0 Å². The van der Waals surface area contributed by atoms with Crippen LogP contribution in [0.5, 0.6) is 0 Å². The fraction of sp³-hybridized carbons (Fsp3) is 0.724. The maximum atomic E-state index is 6.33. The molecule has 0 heterocycles. The monoisotopic (exact) mass is 408 g/mol. The average molecular weight is 409 g/mol. The lowest BCUT2D eigenvalue weighted by Crippen LogP contribution is -2.24. The Hall–Kier alpha value is -1.08. The van der Waals surface area contributed by atoms with Crippen LogP contribution in [0.15, 0.2) is 36.4 Å². The molecule has 2 unspecified atom stereocenters. The van der Waals surface area contributed by atoms with Gasteiger partial charge in [0.15, 0.2) is 0 Å². The second-order valence-corrected chi connectivity index (χ2v) is 10.7. The Morgan fingerprint density at radius 1 is 0.767 bits per heavy atom. The third-order valence-corrected chi connectivity index (χ3v) is 8.35. The van der Waals surface area contributed by atoms with Crippen molar-refractivity contribution in [3.8, 4) is 0 Å². The number of benzene rings is 1. The summed E-state index contributed by atoms with van der Waals surface area (Å²) in [5, 5.41) is 0. The number of hydrogen-bond acceptors (Lipinski definition) is 1. The van der Waals surface area contributed by atoms with Gasteiger partial charge in [0.05, 0.1) is 12.7 Å². The molecule has 3 aliphatic rings. The zero-order chi connectivity index (χ0) is 20.8. The molecule has 0 saturated heterocycles. The Balaban J connectivity index is 1.21. The van der Waals surface area contributed by atoms with Crippen LogP contribution in [0.3, 0.4) is 0 Å². The van der Waals surface area contributed by atoms with Gasteiger partial charge < -0.3 is 4.74 Å². The molecule has 166 valence electrons. The summed E-state index contributed by atoms with van der Waals surface area (Å²) in [6.45, 7) is 5.66. The Labute approximate surface area is 185 Å². The van der Waals surface area contributed by atoms with E-state index >= 15 is 0 Å². The molecule has 0 aliphatic heterocycles. The van der Waals surface area contributed by atoms with Crippen molar-refractivity contribution in [1.29, 1.82) is 0 Å². The fourth-order valence-electron chi connectivity index (χ4n) is 6.16. The molecule has 4 rings (SSSR count). The van der Waals surface area contributed by atoms with Crippen molar-refractivity contribution in [3.63, 3.8) is 0 Å². The van der Waals surface area contributed by atoms with Gasteiger partial charge >= 0.3 is 0 Å². The van der Waals surface area contributed by atoms with E-state index in [2.05, 4.69) is 50.3 Å². The van der Waals surface area contributed by atoms with Crippen LogP contribution in [0.4, 0.5) is 0 Å². The summed E-state index contributed by atoms with van der Waals surface area (Å²) in [6.07, 6.45) is 21.7. The van der Waals surface area contributed by atoms with Crippen LogP contribution >= 0.6 is 0 Å². The van der Waals surface area contributed by atoms with Gasteiger partial charge in [-0.1, -0.05) is 75.9 Å². The molecule has 2 atom stereocenters. The van der Waals surface area contributed by atoms with Crippen LogP contribution in [-0.4, -0.2) is 12.7 Å². The van der Waals surface area contributed by atoms with Gasteiger partial charge in [0.2, 0.25) is 0 Å². The predicted octanol–water partition coefficient (Wildman–Crippen LogP) is 8.41. The van der Waals surface area contributed by atoms with Crippen LogP contribution in [0.1, 0.15) is 114 Å². The van der Waals surface area contributed by atoms with Crippen molar-refractivity contribution >= 4 is 0 Å². The molecule has 0 radical (unpaired) electrons. The summed E-state index contributed by atoms with van der Waals surface area (Å²) in [5.74, 6) is 3.93. The molecular formula is C29H44O. The highest BCUT2D eigenvalue weighted by Crippen LogP contribution is 2.37. The molecule has 0 N–H and O–H groups in total. The number of hydrogen-bond donors (Lipinski definition) is 0. The van der Waals surface area contributed by atoms with Crippen molar-refractivity contribution in [2.45, 2.75) is 109 Å². The van der Waals surface area contributed by atoms with E-state index in [4.69, 9.17) is 4.74 Å². The third kappa shape index (κ3) is 6.00. The first-order chi connectivity index (χ1) is 14.7. The zero-order valence-electron chi connectivity index (χ0n) is 19.5. The SMILES string of the molecule is CCCC1CCC(OCC2C=CC(c3ccc(C4CCC(C)CC4)cc3)CC2)CC1. The zero-order valence-corrected chi connectivity index (χ0v) is 19.5. The van der Waals surface area contributed by atoms with Crippen molar-refractivity contribution in [2.75, 3.05) is 6.61 Å². The second-order valence-electron chi connectivity index (χ2n) is 10.7. The molecule has 0 bridgehead atoms. The molecule has 1 aromatic carbocycles. The molecule has 30 heavy (non-hydrogen) atoms. The summed E-state index contributed by atoms with van der Waals surface area (Å²) < 4.78 is 6.33. The van der Waals surface area contributed by atoms with E-state index in [1.165, 1.54) is 82.6 Å². The predicted molar refractivity (Wildman–Crippen MR) is 128 cm³/mol. The van der Waals surface area contributed by atoms with Gasteiger partial charge in [0.1, 0.15) is 0 Å². The first-order valence-electron chi connectivity index (χ1n) is 13.1. The van der Waals surface area contributed by atoms with E-state index in [0.717, 1.165) is 24.4 Å². The van der Waals surface area contributed by atoms with Crippen molar-refractivity contribution < 1.29 is 4.74 Å². The number of rotatable bonds is 7. The molecule has 1 nitrogen and oxygen atoms in total. The molecule has 0 spiro atoms. The highest BCUT2D eigenvalue weighted by Gasteiger charge is 2.24. The number of allylic oxidation sites excluding steroid dienone is 1. The average Bonchev–Trinajstić information content (AvgIpc) is 2.80. The van der Waals surface area contributed by atoms with Crippen LogP contribution in [0, 0.1) is 17.8 Å². The van der Waals surface area contributed by atoms with E-state index in [1.54, 1.807) is 5.56 Å². The summed E-state index contributed by atoms with van der Waals surface area (Å²) >= 11 is 0. The fourth-order valence-corrected chi connectivity index (χ4v) is 6.16. The van der Waals surface area contributed by atoms with Crippen LogP contribution < -0.4 is 0 Å². The van der Waals surface area contributed by atoms with Gasteiger partial charge in [-0.3, -0.25) is 0 Å². The highest BCUT2D eigenvalue weighted by molar-refractivity contribution is 5.31. The smallest absolute Gasteiger partial charge is 0.0575 e. The second kappa shape index (κ2) is 11.0. The Bertz CT molecular complexity index is 643.